The summed E-state index contributed by atoms with van der Waals surface area (Å²) in [7, 11) is 3.13. The molecular formula is C16H15BrO3. The number of halogens is 1. The zero-order valence-corrected chi connectivity index (χ0v) is 12.9. The van der Waals surface area contributed by atoms with Crippen molar-refractivity contribution in [3.63, 3.8) is 0 Å². The second-order valence-corrected chi connectivity index (χ2v) is 5.21. The molecule has 0 N–H and O–H groups in total. The normalized spacial score (nSPS) is 10.2. The highest BCUT2D eigenvalue weighted by atomic mass is 79.9. The van der Waals surface area contributed by atoms with Gasteiger partial charge < -0.3 is 9.47 Å². The topological polar surface area (TPSA) is 35.5 Å². The molecule has 0 spiro atoms. The van der Waals surface area contributed by atoms with Crippen LogP contribution >= 0.6 is 15.9 Å². The van der Waals surface area contributed by atoms with Gasteiger partial charge in [0, 0.05) is 17.0 Å². The summed E-state index contributed by atoms with van der Waals surface area (Å²) in [5.41, 5.74) is 1.52. The molecule has 104 valence electrons. The Morgan fingerprint density at radius 1 is 1.10 bits per heavy atom. The van der Waals surface area contributed by atoms with E-state index in [0.29, 0.717) is 23.5 Å². The van der Waals surface area contributed by atoms with E-state index in [1.165, 1.54) is 0 Å². The van der Waals surface area contributed by atoms with Crippen LogP contribution in [-0.2, 0) is 6.42 Å². The van der Waals surface area contributed by atoms with Crippen LogP contribution in [0.3, 0.4) is 0 Å². The van der Waals surface area contributed by atoms with Gasteiger partial charge in [0.25, 0.3) is 0 Å². The third-order valence-electron chi connectivity index (χ3n) is 2.96. The van der Waals surface area contributed by atoms with Crippen molar-refractivity contribution >= 4 is 21.7 Å². The molecule has 0 saturated carbocycles. The lowest BCUT2D eigenvalue weighted by Gasteiger charge is -2.09. The molecule has 4 heteroatoms. The Hall–Kier alpha value is -1.81. The summed E-state index contributed by atoms with van der Waals surface area (Å²) >= 11 is 3.40. The predicted octanol–water partition coefficient (Wildman–Crippen LogP) is 3.89. The molecule has 0 fully saturated rings. The van der Waals surface area contributed by atoms with Crippen molar-refractivity contribution in [2.75, 3.05) is 14.2 Å². The Morgan fingerprint density at radius 3 is 2.55 bits per heavy atom. The number of methoxy groups -OCH3 is 2. The molecule has 2 aromatic carbocycles. The molecule has 2 aromatic rings. The summed E-state index contributed by atoms with van der Waals surface area (Å²) in [6, 6.07) is 12.9. The highest BCUT2D eigenvalue weighted by Crippen LogP contribution is 2.26. The Morgan fingerprint density at radius 2 is 1.90 bits per heavy atom. The standard InChI is InChI=1S/C16H15BrO3/c1-19-13-6-7-14(16(10-13)20-2)15(18)9-11-4-3-5-12(17)8-11/h3-8,10H,9H2,1-2H3. The van der Waals surface area contributed by atoms with Gasteiger partial charge in [-0.2, -0.15) is 0 Å². The number of carbonyl (C=O) groups is 1. The van der Waals surface area contributed by atoms with Crippen LogP contribution in [0.4, 0.5) is 0 Å². The summed E-state index contributed by atoms with van der Waals surface area (Å²) in [4.78, 5) is 12.4. The summed E-state index contributed by atoms with van der Waals surface area (Å²) < 4.78 is 11.4. The third-order valence-corrected chi connectivity index (χ3v) is 3.46. The van der Waals surface area contributed by atoms with Crippen LogP contribution in [0.15, 0.2) is 46.9 Å². The van der Waals surface area contributed by atoms with E-state index < -0.39 is 0 Å². The van der Waals surface area contributed by atoms with E-state index >= 15 is 0 Å². The fourth-order valence-electron chi connectivity index (χ4n) is 1.96. The molecule has 0 amide bonds. The van der Waals surface area contributed by atoms with Gasteiger partial charge in [-0.05, 0) is 29.8 Å². The fraction of sp³-hybridized carbons (Fsp3) is 0.188. The van der Waals surface area contributed by atoms with Crippen LogP contribution in [0.1, 0.15) is 15.9 Å². The number of benzene rings is 2. The first kappa shape index (κ1) is 14.6. The molecule has 0 unspecified atom stereocenters. The number of rotatable bonds is 5. The number of carbonyl (C=O) groups excluding carboxylic acids is 1. The minimum Gasteiger partial charge on any atom is -0.497 e. The maximum Gasteiger partial charge on any atom is 0.170 e. The summed E-state index contributed by atoms with van der Waals surface area (Å²) in [6.07, 6.45) is 0.335. The lowest BCUT2D eigenvalue weighted by atomic mass is 10.0. The highest BCUT2D eigenvalue weighted by molar-refractivity contribution is 9.10. The Kier molecular flexibility index (Phi) is 4.79. The molecule has 0 heterocycles. The minimum absolute atomic E-state index is 0.0163. The molecule has 3 nitrogen and oxygen atoms in total. The molecular weight excluding hydrogens is 320 g/mol. The molecule has 0 radical (unpaired) electrons. The quantitative estimate of drug-likeness (QED) is 0.778. The van der Waals surface area contributed by atoms with Gasteiger partial charge in [-0.25, -0.2) is 0 Å². The number of ketones is 1. The lowest BCUT2D eigenvalue weighted by Crippen LogP contribution is -2.06. The maximum atomic E-state index is 12.4. The monoisotopic (exact) mass is 334 g/mol. The van der Waals surface area contributed by atoms with Crippen molar-refractivity contribution in [2.45, 2.75) is 6.42 Å². The van der Waals surface area contributed by atoms with E-state index in [1.54, 1.807) is 32.4 Å². The number of hydrogen-bond donors (Lipinski definition) is 0. The Bertz CT molecular complexity index is 623. The van der Waals surface area contributed by atoms with E-state index in [-0.39, 0.29) is 5.78 Å². The molecule has 0 atom stereocenters. The molecule has 2 rings (SSSR count). The van der Waals surface area contributed by atoms with Crippen molar-refractivity contribution < 1.29 is 14.3 Å². The number of Topliss-reactive ketones (excluding diaryl/α,β-unsaturated/α-hetero) is 1. The van der Waals surface area contributed by atoms with Crippen LogP contribution in [0, 0.1) is 0 Å². The van der Waals surface area contributed by atoms with Crippen LogP contribution in [0.2, 0.25) is 0 Å². The van der Waals surface area contributed by atoms with Gasteiger partial charge in [0.15, 0.2) is 5.78 Å². The van der Waals surface area contributed by atoms with Crippen molar-refractivity contribution in [1.82, 2.24) is 0 Å². The molecule has 0 aliphatic heterocycles. The maximum absolute atomic E-state index is 12.4. The fourth-order valence-corrected chi connectivity index (χ4v) is 2.40. The van der Waals surface area contributed by atoms with Gasteiger partial charge in [0.2, 0.25) is 0 Å². The van der Waals surface area contributed by atoms with Crippen LogP contribution in [0.5, 0.6) is 11.5 Å². The second-order valence-electron chi connectivity index (χ2n) is 4.30. The van der Waals surface area contributed by atoms with Crippen molar-refractivity contribution in [1.29, 1.82) is 0 Å². The average molecular weight is 335 g/mol. The molecule has 0 aliphatic rings. The van der Waals surface area contributed by atoms with Crippen LogP contribution in [0.25, 0.3) is 0 Å². The minimum atomic E-state index is 0.0163. The largest absolute Gasteiger partial charge is 0.497 e. The molecule has 0 saturated heterocycles. The SMILES string of the molecule is COc1ccc(C(=O)Cc2cccc(Br)c2)c(OC)c1. The Balaban J connectivity index is 2.25. The number of ether oxygens (including phenoxy) is 2. The summed E-state index contributed by atoms with van der Waals surface area (Å²) in [6.45, 7) is 0. The number of hydrogen-bond acceptors (Lipinski definition) is 3. The van der Waals surface area contributed by atoms with Gasteiger partial charge in [0.05, 0.1) is 19.8 Å². The molecule has 20 heavy (non-hydrogen) atoms. The van der Waals surface area contributed by atoms with E-state index in [2.05, 4.69) is 15.9 Å². The van der Waals surface area contributed by atoms with Gasteiger partial charge in [-0.15, -0.1) is 0 Å². The molecule has 0 aromatic heterocycles. The second kappa shape index (κ2) is 6.57. The third kappa shape index (κ3) is 3.39. The van der Waals surface area contributed by atoms with E-state index in [1.807, 2.05) is 24.3 Å². The summed E-state index contributed by atoms with van der Waals surface area (Å²) in [5, 5.41) is 0. The van der Waals surface area contributed by atoms with Crippen LogP contribution in [-0.4, -0.2) is 20.0 Å². The van der Waals surface area contributed by atoms with Crippen molar-refractivity contribution in [3.8, 4) is 11.5 Å². The van der Waals surface area contributed by atoms with Gasteiger partial charge in [-0.1, -0.05) is 28.1 Å². The summed E-state index contributed by atoms with van der Waals surface area (Å²) in [5.74, 6) is 1.22. The highest BCUT2D eigenvalue weighted by Gasteiger charge is 2.14. The zero-order chi connectivity index (χ0) is 14.5. The molecule has 0 aliphatic carbocycles. The first-order chi connectivity index (χ1) is 9.63. The molecule has 0 bridgehead atoms. The van der Waals surface area contributed by atoms with E-state index in [0.717, 1.165) is 10.0 Å². The van der Waals surface area contributed by atoms with E-state index in [9.17, 15) is 4.79 Å². The van der Waals surface area contributed by atoms with Gasteiger partial charge >= 0.3 is 0 Å². The average Bonchev–Trinajstić information content (AvgIpc) is 2.46. The smallest absolute Gasteiger partial charge is 0.170 e. The van der Waals surface area contributed by atoms with Crippen LogP contribution < -0.4 is 9.47 Å². The van der Waals surface area contributed by atoms with Crippen molar-refractivity contribution in [2.24, 2.45) is 0 Å². The van der Waals surface area contributed by atoms with Crippen molar-refractivity contribution in [3.05, 3.63) is 58.1 Å². The Labute approximate surface area is 126 Å². The zero-order valence-electron chi connectivity index (χ0n) is 11.4. The first-order valence-corrected chi connectivity index (χ1v) is 6.93. The first-order valence-electron chi connectivity index (χ1n) is 6.13. The lowest BCUT2D eigenvalue weighted by molar-refractivity contribution is 0.0990. The van der Waals surface area contributed by atoms with Gasteiger partial charge in [0.1, 0.15) is 11.5 Å². The van der Waals surface area contributed by atoms with Gasteiger partial charge in [-0.3, -0.25) is 4.79 Å². The van der Waals surface area contributed by atoms with E-state index in [4.69, 9.17) is 9.47 Å². The predicted molar refractivity (Wildman–Crippen MR) is 81.7 cm³/mol.